The minimum absolute atomic E-state index is 0.559. The number of nitrogens with one attached hydrogen (secondary N) is 2. The van der Waals surface area contributed by atoms with E-state index in [9.17, 15) is 0 Å². The summed E-state index contributed by atoms with van der Waals surface area (Å²) in [5.74, 6) is 3.54. The summed E-state index contributed by atoms with van der Waals surface area (Å²) < 4.78 is 27.3. The van der Waals surface area contributed by atoms with Gasteiger partial charge in [0.2, 0.25) is 0 Å². The predicted molar refractivity (Wildman–Crippen MR) is 154 cm³/mol. The van der Waals surface area contributed by atoms with Crippen molar-refractivity contribution in [2.45, 2.75) is 13.0 Å². The van der Waals surface area contributed by atoms with E-state index in [1.807, 2.05) is 54.7 Å². The van der Waals surface area contributed by atoms with E-state index in [4.69, 9.17) is 35.9 Å². The molecular formula is C29H33N3O5S. The second-order valence-corrected chi connectivity index (χ2v) is 8.97. The molecule has 1 heterocycles. The molecule has 0 bridgehead atoms. The summed E-state index contributed by atoms with van der Waals surface area (Å²) in [6.45, 7) is 1.22. The zero-order chi connectivity index (χ0) is 27.1. The van der Waals surface area contributed by atoms with Gasteiger partial charge in [0.25, 0.3) is 0 Å². The number of aromatic nitrogens is 1. The van der Waals surface area contributed by atoms with Gasteiger partial charge in [-0.25, -0.2) is 0 Å². The summed E-state index contributed by atoms with van der Waals surface area (Å²) in [6.07, 6.45) is 2.80. The third-order valence-electron chi connectivity index (χ3n) is 6.38. The van der Waals surface area contributed by atoms with Crippen LogP contribution < -0.4 is 29.0 Å². The van der Waals surface area contributed by atoms with E-state index in [2.05, 4.69) is 21.3 Å². The molecule has 9 heteroatoms. The van der Waals surface area contributed by atoms with Gasteiger partial charge in [-0.2, -0.15) is 0 Å². The molecule has 0 spiro atoms. The van der Waals surface area contributed by atoms with Crippen LogP contribution in [0.4, 0.5) is 5.69 Å². The van der Waals surface area contributed by atoms with E-state index in [1.54, 1.807) is 35.5 Å². The van der Waals surface area contributed by atoms with Crippen LogP contribution >= 0.6 is 12.2 Å². The molecule has 0 amide bonds. The highest BCUT2D eigenvalue weighted by Gasteiger charge is 2.16. The summed E-state index contributed by atoms with van der Waals surface area (Å²) in [4.78, 5) is 5.47. The first-order valence-electron chi connectivity index (χ1n) is 12.1. The first-order chi connectivity index (χ1) is 18.5. The Kier molecular flexibility index (Phi) is 8.81. The molecule has 0 aliphatic heterocycles. The highest BCUT2D eigenvalue weighted by molar-refractivity contribution is 7.80. The molecule has 8 nitrogen and oxygen atoms in total. The summed E-state index contributed by atoms with van der Waals surface area (Å²) in [5.41, 5.74) is 4.00. The molecule has 38 heavy (non-hydrogen) atoms. The molecule has 0 atom stereocenters. The highest BCUT2D eigenvalue weighted by Crippen LogP contribution is 2.31. The fourth-order valence-electron chi connectivity index (χ4n) is 4.30. The van der Waals surface area contributed by atoms with E-state index in [0.29, 0.717) is 41.2 Å². The number of methoxy groups -OCH3 is 5. The average Bonchev–Trinajstić information content (AvgIpc) is 3.36. The van der Waals surface area contributed by atoms with Gasteiger partial charge in [-0.05, 0) is 72.2 Å². The number of rotatable bonds is 11. The van der Waals surface area contributed by atoms with Gasteiger partial charge in [-0.3, -0.25) is 0 Å². The molecule has 4 rings (SSSR count). The number of hydrogen-bond donors (Lipinski definition) is 2. The SMILES string of the molecule is COc1ccc(OC)c(NC(=S)N(CCc2c[nH]c3ccc(OC)cc23)Cc2ccc(OC)c(OC)c2)c1. The monoisotopic (exact) mass is 535 g/mol. The fourth-order valence-corrected chi connectivity index (χ4v) is 4.57. The lowest BCUT2D eigenvalue weighted by Crippen LogP contribution is -2.36. The third kappa shape index (κ3) is 6.06. The van der Waals surface area contributed by atoms with E-state index in [-0.39, 0.29) is 0 Å². The van der Waals surface area contributed by atoms with Gasteiger partial charge in [-0.15, -0.1) is 0 Å². The molecule has 0 saturated carbocycles. The number of thiocarbonyl (C=S) groups is 1. The second kappa shape index (κ2) is 12.4. The van der Waals surface area contributed by atoms with Crippen LogP contribution in [0, 0.1) is 0 Å². The number of H-pyrrole nitrogens is 1. The molecular weight excluding hydrogens is 502 g/mol. The summed E-state index contributed by atoms with van der Waals surface area (Å²) in [6, 6.07) is 17.5. The molecule has 0 unspecified atom stereocenters. The average molecular weight is 536 g/mol. The molecule has 1 aromatic heterocycles. The van der Waals surface area contributed by atoms with Crippen LogP contribution in [0.25, 0.3) is 10.9 Å². The van der Waals surface area contributed by atoms with Crippen LogP contribution in [0.3, 0.4) is 0 Å². The Hall–Kier alpha value is -4.11. The molecule has 0 aliphatic rings. The van der Waals surface area contributed by atoms with Crippen molar-refractivity contribution >= 4 is 33.9 Å². The van der Waals surface area contributed by atoms with Crippen molar-refractivity contribution in [1.82, 2.24) is 9.88 Å². The molecule has 2 N–H and O–H groups in total. The molecule has 3 aromatic carbocycles. The van der Waals surface area contributed by atoms with Crippen LogP contribution in [0.1, 0.15) is 11.1 Å². The number of hydrogen-bond acceptors (Lipinski definition) is 6. The summed E-state index contributed by atoms with van der Waals surface area (Å²) in [5, 5.41) is 5.05. The summed E-state index contributed by atoms with van der Waals surface area (Å²) in [7, 11) is 8.19. The zero-order valence-corrected chi connectivity index (χ0v) is 23.1. The Morgan fingerprint density at radius 2 is 1.47 bits per heavy atom. The normalized spacial score (nSPS) is 10.7. The van der Waals surface area contributed by atoms with Crippen molar-refractivity contribution in [3.8, 4) is 28.7 Å². The van der Waals surface area contributed by atoms with E-state index < -0.39 is 0 Å². The Bertz CT molecular complexity index is 1400. The van der Waals surface area contributed by atoms with Crippen molar-refractivity contribution in [2.75, 3.05) is 47.4 Å². The summed E-state index contributed by atoms with van der Waals surface area (Å²) >= 11 is 5.92. The first kappa shape index (κ1) is 26.9. The molecule has 200 valence electrons. The maximum Gasteiger partial charge on any atom is 0.173 e. The predicted octanol–water partition coefficient (Wildman–Crippen LogP) is 5.65. The van der Waals surface area contributed by atoms with Gasteiger partial charge in [0.1, 0.15) is 17.2 Å². The number of ether oxygens (including phenoxy) is 5. The Morgan fingerprint density at radius 3 is 2.18 bits per heavy atom. The number of aromatic amines is 1. The minimum Gasteiger partial charge on any atom is -0.497 e. The second-order valence-electron chi connectivity index (χ2n) is 8.58. The lowest BCUT2D eigenvalue weighted by molar-refractivity contribution is 0.353. The Morgan fingerprint density at radius 1 is 0.789 bits per heavy atom. The minimum atomic E-state index is 0.559. The van der Waals surface area contributed by atoms with Crippen molar-refractivity contribution in [3.05, 3.63) is 71.9 Å². The van der Waals surface area contributed by atoms with Gasteiger partial charge in [0, 0.05) is 36.3 Å². The highest BCUT2D eigenvalue weighted by atomic mass is 32.1. The van der Waals surface area contributed by atoms with Gasteiger partial charge in [-0.1, -0.05) is 6.07 Å². The Balaban J connectivity index is 1.61. The van der Waals surface area contributed by atoms with Crippen molar-refractivity contribution in [2.24, 2.45) is 0 Å². The van der Waals surface area contributed by atoms with E-state index >= 15 is 0 Å². The third-order valence-corrected chi connectivity index (χ3v) is 6.74. The molecule has 0 saturated heterocycles. The molecule has 0 fully saturated rings. The van der Waals surface area contributed by atoms with E-state index in [1.165, 1.54) is 5.56 Å². The number of anilines is 1. The van der Waals surface area contributed by atoms with Gasteiger partial charge >= 0.3 is 0 Å². The topological polar surface area (TPSA) is 77.2 Å². The quantitative estimate of drug-likeness (QED) is 0.239. The van der Waals surface area contributed by atoms with E-state index in [0.717, 1.165) is 34.3 Å². The fraction of sp³-hybridized carbons (Fsp3) is 0.276. The van der Waals surface area contributed by atoms with Gasteiger partial charge in [0.05, 0.1) is 41.2 Å². The number of benzene rings is 3. The maximum absolute atomic E-state index is 5.92. The molecule has 0 radical (unpaired) electrons. The lowest BCUT2D eigenvalue weighted by Gasteiger charge is -2.27. The smallest absolute Gasteiger partial charge is 0.173 e. The molecule has 0 aliphatic carbocycles. The van der Waals surface area contributed by atoms with Crippen LogP contribution in [-0.2, 0) is 13.0 Å². The van der Waals surface area contributed by atoms with Gasteiger partial charge < -0.3 is 38.9 Å². The van der Waals surface area contributed by atoms with Crippen LogP contribution in [0.5, 0.6) is 28.7 Å². The molecule has 4 aromatic rings. The van der Waals surface area contributed by atoms with Crippen molar-refractivity contribution in [3.63, 3.8) is 0 Å². The van der Waals surface area contributed by atoms with Gasteiger partial charge in [0.15, 0.2) is 16.6 Å². The van der Waals surface area contributed by atoms with Crippen LogP contribution in [0.2, 0.25) is 0 Å². The standard InChI is InChI=1S/C29H33N3O5S/c1-33-21-7-9-24-23(15-21)20(17-30-24)12-13-32(18-19-6-10-27(36-4)28(14-19)37-5)29(38)31-25-16-22(34-2)8-11-26(25)35-3/h6-11,14-17,30H,12-13,18H2,1-5H3,(H,31,38). The van der Waals surface area contributed by atoms with Crippen molar-refractivity contribution in [1.29, 1.82) is 0 Å². The first-order valence-corrected chi connectivity index (χ1v) is 12.5. The number of fused-ring (bicyclic) bond motifs is 1. The van der Waals surface area contributed by atoms with Crippen LogP contribution in [0.15, 0.2) is 60.8 Å². The Labute approximate surface area is 228 Å². The zero-order valence-electron chi connectivity index (χ0n) is 22.3. The largest absolute Gasteiger partial charge is 0.497 e. The lowest BCUT2D eigenvalue weighted by atomic mass is 10.1. The number of nitrogens with zero attached hydrogens (tertiary/aromatic N) is 1. The van der Waals surface area contributed by atoms with Crippen LogP contribution in [-0.4, -0.2) is 57.1 Å². The maximum atomic E-state index is 5.92. The van der Waals surface area contributed by atoms with Crippen molar-refractivity contribution < 1.29 is 23.7 Å².